The van der Waals surface area contributed by atoms with Gasteiger partial charge in [-0.2, -0.15) is 0 Å². The van der Waals surface area contributed by atoms with Gasteiger partial charge in [0.05, 0.1) is 34.1 Å². The Morgan fingerprint density at radius 1 is 1.07 bits per heavy atom. The van der Waals surface area contributed by atoms with Gasteiger partial charge in [-0.1, -0.05) is 0 Å². The first-order chi connectivity index (χ1) is 13.0. The quantitative estimate of drug-likeness (QED) is 0.387. The van der Waals surface area contributed by atoms with E-state index in [4.69, 9.17) is 14.2 Å². The monoisotopic (exact) mass is 416 g/mol. The number of hydrogen-bond donors (Lipinski definition) is 3. The molecule has 28 heavy (non-hydrogen) atoms. The van der Waals surface area contributed by atoms with Gasteiger partial charge in [-0.3, -0.25) is 0 Å². The minimum absolute atomic E-state index is 0.362. The molecule has 0 aliphatic carbocycles. The van der Waals surface area contributed by atoms with Crippen molar-refractivity contribution in [1.29, 1.82) is 0 Å². The summed E-state index contributed by atoms with van der Waals surface area (Å²) >= 11 is 0. The van der Waals surface area contributed by atoms with E-state index in [2.05, 4.69) is 20.3 Å². The second-order valence-corrected chi connectivity index (χ2v) is 8.59. The van der Waals surface area contributed by atoms with Crippen LogP contribution in [-0.4, -0.2) is 60.6 Å². The molecule has 0 heterocycles. The molecule has 1 aromatic rings. The summed E-state index contributed by atoms with van der Waals surface area (Å²) in [5.74, 6) is 2.21. The van der Waals surface area contributed by atoms with Gasteiger partial charge in [0, 0.05) is 18.6 Å². The largest absolute Gasteiger partial charge is 0.493 e. The second-order valence-electron chi connectivity index (χ2n) is 6.84. The van der Waals surface area contributed by atoms with Gasteiger partial charge in [0.2, 0.25) is 15.8 Å². The first-order valence-electron chi connectivity index (χ1n) is 8.85. The van der Waals surface area contributed by atoms with Crippen molar-refractivity contribution in [3.63, 3.8) is 0 Å². The minimum atomic E-state index is -3.31. The maximum absolute atomic E-state index is 11.5. The van der Waals surface area contributed by atoms with E-state index in [0.29, 0.717) is 42.8 Å². The Labute approximate surface area is 167 Å². The Morgan fingerprint density at radius 3 is 2.07 bits per heavy atom. The van der Waals surface area contributed by atoms with Crippen LogP contribution in [0, 0.1) is 0 Å². The molecule has 1 rings (SSSR count). The molecule has 3 N–H and O–H groups in total. The number of ether oxygens (including phenoxy) is 3. The Kier molecular flexibility index (Phi) is 8.83. The summed E-state index contributed by atoms with van der Waals surface area (Å²) in [6.45, 7) is 6.94. The van der Waals surface area contributed by atoms with Crippen molar-refractivity contribution in [3.8, 4) is 17.2 Å². The van der Waals surface area contributed by atoms with Gasteiger partial charge in [-0.15, -0.1) is 0 Å². The van der Waals surface area contributed by atoms with E-state index in [1.807, 2.05) is 19.1 Å². The van der Waals surface area contributed by atoms with E-state index in [0.717, 1.165) is 11.8 Å². The van der Waals surface area contributed by atoms with Crippen LogP contribution in [0.5, 0.6) is 17.2 Å². The van der Waals surface area contributed by atoms with Crippen LogP contribution in [-0.2, 0) is 16.6 Å². The van der Waals surface area contributed by atoms with E-state index in [1.54, 1.807) is 35.2 Å². The van der Waals surface area contributed by atoms with Gasteiger partial charge >= 0.3 is 0 Å². The fraction of sp³-hybridized carbons (Fsp3) is 0.611. The lowest BCUT2D eigenvalue weighted by atomic mass is 10.1. The number of benzene rings is 1. The summed E-state index contributed by atoms with van der Waals surface area (Å²) in [5.41, 5.74) is 0.205. The highest BCUT2D eigenvalue weighted by atomic mass is 32.2. The highest BCUT2D eigenvalue weighted by Gasteiger charge is 2.22. The number of rotatable bonds is 10. The Bertz CT molecular complexity index is 753. The van der Waals surface area contributed by atoms with Crippen molar-refractivity contribution in [2.24, 2.45) is 4.99 Å². The highest BCUT2D eigenvalue weighted by molar-refractivity contribution is 7.88. The van der Waals surface area contributed by atoms with Crippen molar-refractivity contribution < 1.29 is 22.6 Å². The van der Waals surface area contributed by atoms with Crippen LogP contribution in [0.2, 0.25) is 0 Å². The highest BCUT2D eigenvalue weighted by Crippen LogP contribution is 2.38. The molecule has 0 unspecified atom stereocenters. The van der Waals surface area contributed by atoms with Gasteiger partial charge in [0.1, 0.15) is 0 Å². The summed E-state index contributed by atoms with van der Waals surface area (Å²) < 4.78 is 41.6. The lowest BCUT2D eigenvalue weighted by Crippen LogP contribution is -2.53. The molecule has 0 bridgehead atoms. The van der Waals surface area contributed by atoms with E-state index < -0.39 is 15.6 Å². The van der Waals surface area contributed by atoms with Crippen molar-refractivity contribution in [2.75, 3.05) is 40.7 Å². The van der Waals surface area contributed by atoms with Gasteiger partial charge in [0.25, 0.3) is 0 Å². The van der Waals surface area contributed by atoms with E-state index in [-0.39, 0.29) is 0 Å². The van der Waals surface area contributed by atoms with E-state index in [9.17, 15) is 8.42 Å². The normalized spacial score (nSPS) is 12.5. The molecule has 1 aromatic carbocycles. The fourth-order valence-electron chi connectivity index (χ4n) is 2.58. The molecule has 0 amide bonds. The van der Waals surface area contributed by atoms with Gasteiger partial charge in [-0.25, -0.2) is 18.1 Å². The van der Waals surface area contributed by atoms with E-state index >= 15 is 0 Å². The Balaban J connectivity index is 2.95. The molecule has 0 radical (unpaired) electrons. The molecular formula is C18H32N4O5S. The van der Waals surface area contributed by atoms with Crippen molar-refractivity contribution in [3.05, 3.63) is 17.7 Å². The molecule has 0 aliphatic rings. The van der Waals surface area contributed by atoms with Crippen LogP contribution >= 0.6 is 0 Å². The van der Waals surface area contributed by atoms with Gasteiger partial charge in [0.15, 0.2) is 17.5 Å². The summed E-state index contributed by atoms with van der Waals surface area (Å²) in [6, 6.07) is 3.67. The zero-order chi connectivity index (χ0) is 21.4. The third-order valence-electron chi connectivity index (χ3n) is 3.65. The summed E-state index contributed by atoms with van der Waals surface area (Å²) in [6.07, 6.45) is 1.14. The van der Waals surface area contributed by atoms with Crippen LogP contribution in [0.1, 0.15) is 26.3 Å². The molecule has 0 aromatic heterocycles. The molecule has 0 atom stereocenters. The number of guanidine groups is 1. The third kappa shape index (κ3) is 7.81. The van der Waals surface area contributed by atoms with Gasteiger partial charge < -0.3 is 24.8 Å². The predicted molar refractivity (Wildman–Crippen MR) is 111 cm³/mol. The summed E-state index contributed by atoms with van der Waals surface area (Å²) in [5, 5.41) is 6.30. The maximum Gasteiger partial charge on any atom is 0.209 e. The van der Waals surface area contributed by atoms with Crippen LogP contribution in [0.3, 0.4) is 0 Å². The number of sulfonamides is 1. The van der Waals surface area contributed by atoms with Crippen LogP contribution < -0.4 is 29.6 Å². The molecule has 0 saturated carbocycles. The second kappa shape index (κ2) is 10.4. The average molecular weight is 417 g/mol. The SMILES string of the molecule is CCNC(=NCc1cc(OC)c(OC)c(OC)c1)NCC(C)(C)NS(C)(=O)=O. The topological polar surface area (TPSA) is 110 Å². The minimum Gasteiger partial charge on any atom is -0.493 e. The van der Waals surface area contributed by atoms with Crippen LogP contribution in [0.25, 0.3) is 0 Å². The molecule has 0 fully saturated rings. The van der Waals surface area contributed by atoms with Gasteiger partial charge in [-0.05, 0) is 38.5 Å². The number of aliphatic imine (C=N–C) groups is 1. The first kappa shape index (κ1) is 23.8. The predicted octanol–water partition coefficient (Wildman–Crippen LogP) is 1.10. The summed E-state index contributed by atoms with van der Waals surface area (Å²) in [4.78, 5) is 4.55. The van der Waals surface area contributed by atoms with E-state index in [1.165, 1.54) is 0 Å². The maximum atomic E-state index is 11.5. The smallest absolute Gasteiger partial charge is 0.209 e. The molecule has 0 spiro atoms. The Hall–Kier alpha value is -2.20. The number of nitrogens with one attached hydrogen (secondary N) is 3. The first-order valence-corrected chi connectivity index (χ1v) is 10.7. The number of hydrogen-bond acceptors (Lipinski definition) is 6. The van der Waals surface area contributed by atoms with Crippen LogP contribution in [0.15, 0.2) is 17.1 Å². The number of nitrogens with zero attached hydrogens (tertiary/aromatic N) is 1. The zero-order valence-corrected chi connectivity index (χ0v) is 18.5. The lowest BCUT2D eigenvalue weighted by molar-refractivity contribution is 0.324. The molecule has 9 nitrogen and oxygen atoms in total. The Morgan fingerprint density at radius 2 is 1.64 bits per heavy atom. The van der Waals surface area contributed by atoms with Crippen molar-refractivity contribution >= 4 is 16.0 Å². The van der Waals surface area contributed by atoms with Crippen LogP contribution in [0.4, 0.5) is 0 Å². The fourth-order valence-corrected chi connectivity index (χ4v) is 3.66. The van der Waals surface area contributed by atoms with Crippen molar-refractivity contribution in [2.45, 2.75) is 32.9 Å². The molecule has 10 heteroatoms. The third-order valence-corrected chi connectivity index (χ3v) is 4.57. The number of methoxy groups -OCH3 is 3. The molecule has 160 valence electrons. The summed E-state index contributed by atoms with van der Waals surface area (Å²) in [7, 11) is 1.37. The average Bonchev–Trinajstić information content (AvgIpc) is 2.60. The molecule has 0 aliphatic heterocycles. The standard InChI is InChI=1S/C18H32N4O5S/c1-8-19-17(21-12-18(2,3)22-28(7,23)24)20-11-13-9-14(25-4)16(27-6)15(10-13)26-5/h9-10,22H,8,11-12H2,1-7H3,(H2,19,20,21). The molecular weight excluding hydrogens is 384 g/mol. The molecule has 0 saturated heterocycles. The lowest BCUT2D eigenvalue weighted by Gasteiger charge is -2.26. The zero-order valence-electron chi connectivity index (χ0n) is 17.7. The van der Waals surface area contributed by atoms with Crippen molar-refractivity contribution in [1.82, 2.24) is 15.4 Å².